The van der Waals surface area contributed by atoms with Crippen molar-refractivity contribution in [2.75, 3.05) is 31.8 Å². The summed E-state index contributed by atoms with van der Waals surface area (Å²) >= 11 is 6.71. The number of methoxy groups -OCH3 is 1. The van der Waals surface area contributed by atoms with Gasteiger partial charge < -0.3 is 15.4 Å². The molecule has 9 nitrogen and oxygen atoms in total. The van der Waals surface area contributed by atoms with E-state index in [0.29, 0.717) is 68.1 Å². The van der Waals surface area contributed by atoms with Gasteiger partial charge in [0.15, 0.2) is 5.69 Å². The van der Waals surface area contributed by atoms with E-state index in [1.807, 2.05) is 6.92 Å². The van der Waals surface area contributed by atoms with Crippen LogP contribution in [0.2, 0.25) is 5.02 Å². The quantitative estimate of drug-likeness (QED) is 0.343. The van der Waals surface area contributed by atoms with Gasteiger partial charge in [-0.3, -0.25) is 9.48 Å². The van der Waals surface area contributed by atoms with Crippen LogP contribution >= 0.6 is 11.6 Å². The van der Waals surface area contributed by atoms with E-state index in [1.54, 1.807) is 16.9 Å². The van der Waals surface area contributed by atoms with Gasteiger partial charge in [0.2, 0.25) is 0 Å². The first kappa shape index (κ1) is 32.4. The van der Waals surface area contributed by atoms with Gasteiger partial charge in [0.1, 0.15) is 21.4 Å². The number of carbonyl (C=O) groups is 1. The first-order valence-electron chi connectivity index (χ1n) is 14.4. The number of hydrogen-bond donors (Lipinski definition) is 2. The molecule has 234 valence electrons. The van der Waals surface area contributed by atoms with Gasteiger partial charge in [-0.1, -0.05) is 11.6 Å². The van der Waals surface area contributed by atoms with Gasteiger partial charge in [-0.05, 0) is 70.1 Å². The number of hydrogen-bond acceptors (Lipinski definition) is 7. The van der Waals surface area contributed by atoms with Crippen LogP contribution in [0.15, 0.2) is 12.3 Å². The van der Waals surface area contributed by atoms with Crippen LogP contribution in [0.4, 0.5) is 19.0 Å². The fraction of sp³-hybridized carbons (Fsp3) is 0.679. The fourth-order valence-corrected chi connectivity index (χ4v) is 7.43. The molecular formula is C28H39ClF3N5O4S. The lowest BCUT2D eigenvalue weighted by Gasteiger charge is -2.30. The van der Waals surface area contributed by atoms with Crippen LogP contribution in [-0.4, -0.2) is 67.0 Å². The zero-order chi connectivity index (χ0) is 30.7. The minimum absolute atomic E-state index is 0.0806. The normalized spacial score (nSPS) is 23.4. The molecule has 2 aliphatic carbocycles. The second-order valence-electron chi connectivity index (χ2n) is 11.4. The first-order valence-corrected chi connectivity index (χ1v) is 16.7. The van der Waals surface area contributed by atoms with Gasteiger partial charge >= 0.3 is 6.18 Å². The Morgan fingerprint density at radius 2 is 1.71 bits per heavy atom. The molecule has 0 bridgehead atoms. The highest BCUT2D eigenvalue weighted by molar-refractivity contribution is 7.91. The molecule has 0 radical (unpaired) electrons. The summed E-state index contributed by atoms with van der Waals surface area (Å²) in [5.74, 6) is -0.335. The van der Waals surface area contributed by atoms with E-state index in [1.165, 1.54) is 13.4 Å². The van der Waals surface area contributed by atoms with Crippen LogP contribution in [0.25, 0.3) is 11.3 Å². The Bertz CT molecular complexity index is 1350. The first-order chi connectivity index (χ1) is 19.8. The molecule has 2 saturated carbocycles. The van der Waals surface area contributed by atoms with Crippen molar-refractivity contribution in [2.24, 2.45) is 17.8 Å². The third kappa shape index (κ3) is 7.69. The molecule has 2 fully saturated rings. The molecule has 0 saturated heterocycles. The fourth-order valence-electron chi connectivity index (χ4n) is 5.98. The van der Waals surface area contributed by atoms with Gasteiger partial charge in [-0.15, -0.1) is 0 Å². The number of amides is 1. The lowest BCUT2D eigenvalue weighted by Crippen LogP contribution is -2.34. The number of nitrogens with zero attached hydrogens (tertiary/aromatic N) is 3. The lowest BCUT2D eigenvalue weighted by molar-refractivity contribution is -0.183. The Labute approximate surface area is 249 Å². The van der Waals surface area contributed by atoms with Crippen molar-refractivity contribution in [3.63, 3.8) is 0 Å². The molecule has 42 heavy (non-hydrogen) atoms. The highest BCUT2D eigenvalue weighted by Crippen LogP contribution is 2.40. The summed E-state index contributed by atoms with van der Waals surface area (Å²) in [7, 11) is -1.55. The number of halogens is 4. The minimum atomic E-state index is -4.13. The van der Waals surface area contributed by atoms with Crippen molar-refractivity contribution >= 4 is 33.2 Å². The molecular weight excluding hydrogens is 595 g/mol. The molecule has 0 unspecified atom stereocenters. The number of pyridine rings is 1. The molecule has 1 amide bonds. The number of aromatic nitrogens is 3. The van der Waals surface area contributed by atoms with E-state index in [9.17, 15) is 26.4 Å². The van der Waals surface area contributed by atoms with Gasteiger partial charge in [0.05, 0.1) is 34.6 Å². The summed E-state index contributed by atoms with van der Waals surface area (Å²) in [6.07, 6.45) is 2.64. The highest BCUT2D eigenvalue weighted by Gasteiger charge is 2.41. The monoisotopic (exact) mass is 633 g/mol. The molecule has 2 heterocycles. The van der Waals surface area contributed by atoms with Crippen LogP contribution in [0.3, 0.4) is 0 Å². The van der Waals surface area contributed by atoms with E-state index >= 15 is 0 Å². The van der Waals surface area contributed by atoms with Crippen molar-refractivity contribution in [3.05, 3.63) is 23.0 Å². The van der Waals surface area contributed by atoms with Crippen molar-refractivity contribution in [3.8, 4) is 17.0 Å². The maximum absolute atomic E-state index is 13.1. The SMILES string of the molecule is CCn1nc(C(=O)NC[C@H]2CC[C@H](S(C)(=O)=O)CC2)c(Cl)c1-c1cnc(NC[C@H]2CC[C@H](C(F)(F)F)CC2)cc1OC. The molecule has 0 aliphatic heterocycles. The molecule has 4 rings (SSSR count). The number of aryl methyl sites for hydroxylation is 1. The summed E-state index contributed by atoms with van der Waals surface area (Å²) in [6.45, 7) is 3.22. The van der Waals surface area contributed by atoms with Crippen molar-refractivity contribution in [1.82, 2.24) is 20.1 Å². The summed E-state index contributed by atoms with van der Waals surface area (Å²) in [4.78, 5) is 17.6. The lowest BCUT2D eigenvalue weighted by atomic mass is 9.81. The van der Waals surface area contributed by atoms with E-state index in [2.05, 4.69) is 20.7 Å². The topological polar surface area (TPSA) is 115 Å². The molecule has 0 aromatic carbocycles. The minimum Gasteiger partial charge on any atom is -0.496 e. The van der Waals surface area contributed by atoms with Crippen molar-refractivity contribution in [2.45, 2.75) is 76.3 Å². The van der Waals surface area contributed by atoms with Gasteiger partial charge in [-0.2, -0.15) is 18.3 Å². The van der Waals surface area contributed by atoms with E-state index in [0.717, 1.165) is 12.8 Å². The maximum Gasteiger partial charge on any atom is 0.391 e. The molecule has 14 heteroatoms. The summed E-state index contributed by atoms with van der Waals surface area (Å²) < 4.78 is 69.8. The van der Waals surface area contributed by atoms with Crippen molar-refractivity contribution in [1.29, 1.82) is 0 Å². The Hall–Kier alpha value is -2.54. The Morgan fingerprint density at radius 1 is 1.10 bits per heavy atom. The van der Waals surface area contributed by atoms with Gasteiger partial charge in [-0.25, -0.2) is 13.4 Å². The molecule has 0 spiro atoms. The Morgan fingerprint density at radius 3 is 2.29 bits per heavy atom. The smallest absolute Gasteiger partial charge is 0.391 e. The Kier molecular flexibility index (Phi) is 10.3. The third-order valence-corrected chi connectivity index (χ3v) is 10.6. The Balaban J connectivity index is 1.40. The van der Waals surface area contributed by atoms with E-state index in [-0.39, 0.29) is 40.6 Å². The van der Waals surface area contributed by atoms with Gasteiger partial charge in [0.25, 0.3) is 5.91 Å². The van der Waals surface area contributed by atoms with E-state index < -0.39 is 27.8 Å². The molecule has 0 atom stereocenters. The zero-order valence-corrected chi connectivity index (χ0v) is 25.7. The average Bonchev–Trinajstić information content (AvgIpc) is 3.30. The molecule has 2 N–H and O–H groups in total. The number of rotatable bonds is 10. The largest absolute Gasteiger partial charge is 0.496 e. The summed E-state index contributed by atoms with van der Waals surface area (Å²) in [5.41, 5.74) is 1.11. The highest BCUT2D eigenvalue weighted by atomic mass is 35.5. The number of sulfone groups is 1. The zero-order valence-electron chi connectivity index (χ0n) is 24.1. The second-order valence-corrected chi connectivity index (χ2v) is 14.1. The van der Waals surface area contributed by atoms with Crippen molar-refractivity contribution < 1.29 is 31.1 Å². The van der Waals surface area contributed by atoms with Crippen LogP contribution in [0.5, 0.6) is 5.75 Å². The maximum atomic E-state index is 13.1. The molecule has 2 aliphatic rings. The van der Waals surface area contributed by atoms with Crippen LogP contribution < -0.4 is 15.4 Å². The number of ether oxygens (including phenoxy) is 1. The van der Waals surface area contributed by atoms with Crippen LogP contribution in [0.1, 0.15) is 68.8 Å². The summed E-state index contributed by atoms with van der Waals surface area (Å²) in [5, 5.41) is 10.4. The average molecular weight is 634 g/mol. The number of carbonyl (C=O) groups excluding carboxylic acids is 1. The predicted octanol–water partition coefficient (Wildman–Crippen LogP) is 5.74. The number of anilines is 1. The summed E-state index contributed by atoms with van der Waals surface area (Å²) in [6, 6.07) is 1.70. The predicted molar refractivity (Wildman–Crippen MR) is 156 cm³/mol. The van der Waals surface area contributed by atoms with E-state index in [4.69, 9.17) is 16.3 Å². The molecule has 2 aromatic rings. The molecule has 2 aromatic heterocycles. The van der Waals surface area contributed by atoms with Gasteiger partial charge in [0, 0.05) is 38.2 Å². The number of nitrogens with one attached hydrogen (secondary N) is 2. The number of alkyl halides is 3. The second kappa shape index (κ2) is 13.4. The standard InChI is InChI=1S/C28H39ClF3N5O4S/c1-4-37-26(24(29)25(36-37)27(38)35-15-18-7-11-20(12-8-18)42(3,39)40)21-16-34-23(13-22(21)41-2)33-14-17-5-9-19(10-6-17)28(30,31)32/h13,16-20H,4-12,14-15H2,1-3H3,(H,33,34)(H,35,38)/t17-,18-,19-,20-. The third-order valence-electron chi connectivity index (χ3n) is 8.58. The van der Waals surface area contributed by atoms with Crippen LogP contribution in [-0.2, 0) is 16.4 Å². The van der Waals surface area contributed by atoms with Crippen LogP contribution in [0, 0.1) is 17.8 Å².